The molecule has 0 saturated heterocycles. The molecule has 1 aromatic rings. The molecule has 0 aliphatic rings. The average molecular weight is 195 g/mol. The number of hydrogen-bond acceptors (Lipinski definition) is 3. The molecule has 2 atom stereocenters. The largest absolute Gasteiger partial charge is 0.386 e. The van der Waals surface area contributed by atoms with Crippen molar-refractivity contribution >= 4 is 0 Å². The van der Waals surface area contributed by atoms with E-state index in [1.807, 2.05) is 30.3 Å². The van der Waals surface area contributed by atoms with Crippen LogP contribution in [0.1, 0.15) is 18.4 Å². The fraction of sp³-hybridized carbons (Fsp3) is 0.400. The van der Waals surface area contributed by atoms with Gasteiger partial charge in [-0.15, -0.1) is 0 Å². The van der Waals surface area contributed by atoms with E-state index in [0.29, 0.717) is 0 Å². The van der Waals surface area contributed by atoms with E-state index < -0.39 is 17.6 Å². The van der Waals surface area contributed by atoms with Gasteiger partial charge in [0.25, 0.3) is 0 Å². The number of nitro groups is 1. The number of aliphatic hydroxyl groups excluding tert-OH is 1. The lowest BCUT2D eigenvalue weighted by Crippen LogP contribution is -2.25. The normalized spacial score (nSPS) is 14.7. The first-order valence-corrected chi connectivity index (χ1v) is 4.46. The maximum Gasteiger partial charge on any atom is 0.230 e. The fourth-order valence-electron chi connectivity index (χ4n) is 1.29. The zero-order chi connectivity index (χ0) is 10.6. The van der Waals surface area contributed by atoms with E-state index in [1.54, 1.807) is 6.92 Å². The second kappa shape index (κ2) is 4.72. The molecule has 0 spiro atoms. The molecular weight excluding hydrogens is 182 g/mol. The Morgan fingerprint density at radius 1 is 1.43 bits per heavy atom. The van der Waals surface area contributed by atoms with Crippen LogP contribution in [-0.2, 0) is 0 Å². The minimum atomic E-state index is -0.924. The summed E-state index contributed by atoms with van der Waals surface area (Å²) in [5.74, 6) is -0.207. The lowest BCUT2D eigenvalue weighted by atomic mass is 9.95. The molecule has 14 heavy (non-hydrogen) atoms. The summed E-state index contributed by atoms with van der Waals surface area (Å²) in [7, 11) is 0. The molecule has 0 heterocycles. The van der Waals surface area contributed by atoms with Crippen molar-refractivity contribution in [3.05, 3.63) is 46.0 Å². The summed E-state index contributed by atoms with van der Waals surface area (Å²) in [6, 6.07) is 9.28. The van der Waals surface area contributed by atoms with Gasteiger partial charge in [0, 0.05) is 10.8 Å². The van der Waals surface area contributed by atoms with Gasteiger partial charge in [0.05, 0.1) is 0 Å². The van der Waals surface area contributed by atoms with E-state index in [2.05, 4.69) is 0 Å². The summed E-state index contributed by atoms with van der Waals surface area (Å²) in [6.07, 6.45) is -0.924. The van der Waals surface area contributed by atoms with Crippen LogP contribution < -0.4 is 0 Å². The maximum atomic E-state index is 10.2. The van der Waals surface area contributed by atoms with Crippen molar-refractivity contribution in [3.8, 4) is 0 Å². The molecule has 0 fully saturated rings. The van der Waals surface area contributed by atoms with Gasteiger partial charge in [0.1, 0.15) is 6.10 Å². The Bertz CT molecular complexity index is 299. The summed E-state index contributed by atoms with van der Waals surface area (Å²) in [4.78, 5) is 9.70. The van der Waals surface area contributed by atoms with Crippen LogP contribution in [0.3, 0.4) is 0 Å². The minimum absolute atomic E-state index is 0.207. The Balaban J connectivity index is 2.65. The van der Waals surface area contributed by atoms with Gasteiger partial charge in [-0.1, -0.05) is 37.3 Å². The Morgan fingerprint density at radius 2 is 2.00 bits per heavy atom. The molecule has 1 rings (SSSR count). The van der Waals surface area contributed by atoms with Crippen LogP contribution in [0.25, 0.3) is 0 Å². The molecule has 1 aromatic carbocycles. The molecule has 76 valence electrons. The van der Waals surface area contributed by atoms with Crippen molar-refractivity contribution in [2.24, 2.45) is 0 Å². The van der Waals surface area contributed by atoms with Gasteiger partial charge in [0.2, 0.25) is 6.54 Å². The van der Waals surface area contributed by atoms with Crippen LogP contribution in [0.2, 0.25) is 0 Å². The smallest absolute Gasteiger partial charge is 0.230 e. The number of benzene rings is 1. The number of aliphatic hydroxyl groups is 1. The molecule has 0 aliphatic heterocycles. The van der Waals surface area contributed by atoms with Crippen molar-refractivity contribution in [1.29, 1.82) is 0 Å². The van der Waals surface area contributed by atoms with Crippen molar-refractivity contribution in [1.82, 2.24) is 0 Å². The Hall–Kier alpha value is -1.42. The average Bonchev–Trinajstić information content (AvgIpc) is 2.17. The van der Waals surface area contributed by atoms with Crippen LogP contribution in [-0.4, -0.2) is 22.7 Å². The van der Waals surface area contributed by atoms with Crippen LogP contribution in [0.5, 0.6) is 0 Å². The minimum Gasteiger partial charge on any atom is -0.386 e. The molecule has 0 aromatic heterocycles. The topological polar surface area (TPSA) is 63.4 Å². The zero-order valence-electron chi connectivity index (χ0n) is 7.96. The van der Waals surface area contributed by atoms with Crippen LogP contribution in [0.4, 0.5) is 0 Å². The summed E-state index contributed by atoms with van der Waals surface area (Å²) in [6.45, 7) is 1.37. The van der Waals surface area contributed by atoms with Crippen LogP contribution in [0, 0.1) is 10.1 Å². The predicted molar refractivity (Wildman–Crippen MR) is 52.7 cm³/mol. The number of hydrogen-bond donors (Lipinski definition) is 1. The van der Waals surface area contributed by atoms with E-state index in [0.717, 1.165) is 5.56 Å². The SMILES string of the molecule is C[C@H](c1ccccc1)[C@@H](O)C[N+](=O)[O-]. The van der Waals surface area contributed by atoms with Crippen molar-refractivity contribution in [3.63, 3.8) is 0 Å². The molecule has 0 saturated carbocycles. The van der Waals surface area contributed by atoms with Gasteiger partial charge >= 0.3 is 0 Å². The van der Waals surface area contributed by atoms with E-state index in [4.69, 9.17) is 0 Å². The third-order valence-electron chi connectivity index (χ3n) is 2.24. The third kappa shape index (κ3) is 2.81. The third-order valence-corrected chi connectivity index (χ3v) is 2.24. The molecule has 0 amide bonds. The van der Waals surface area contributed by atoms with E-state index >= 15 is 0 Å². The summed E-state index contributed by atoms with van der Waals surface area (Å²) in [5.41, 5.74) is 0.918. The van der Waals surface area contributed by atoms with Crippen molar-refractivity contribution < 1.29 is 10.0 Å². The van der Waals surface area contributed by atoms with E-state index in [-0.39, 0.29) is 5.92 Å². The summed E-state index contributed by atoms with van der Waals surface area (Å²) in [5, 5.41) is 19.7. The monoisotopic (exact) mass is 195 g/mol. The van der Waals surface area contributed by atoms with Gasteiger partial charge in [0.15, 0.2) is 0 Å². The number of rotatable bonds is 4. The van der Waals surface area contributed by atoms with Crippen LogP contribution >= 0.6 is 0 Å². The first-order chi connectivity index (χ1) is 6.61. The molecule has 0 aliphatic carbocycles. The van der Waals surface area contributed by atoms with Gasteiger partial charge in [-0.05, 0) is 5.56 Å². The molecule has 0 unspecified atom stereocenters. The van der Waals surface area contributed by atoms with Gasteiger partial charge in [-0.2, -0.15) is 0 Å². The molecule has 0 radical (unpaired) electrons. The second-order valence-corrected chi connectivity index (χ2v) is 3.28. The standard InChI is InChI=1S/C10H13NO3/c1-8(10(12)7-11(13)14)9-5-3-2-4-6-9/h2-6,8,10,12H,7H2,1H3/t8-,10+/m1/s1. The zero-order valence-corrected chi connectivity index (χ0v) is 7.96. The molecule has 0 bridgehead atoms. The van der Waals surface area contributed by atoms with Gasteiger partial charge in [-0.3, -0.25) is 10.1 Å². The van der Waals surface area contributed by atoms with Crippen LogP contribution in [0.15, 0.2) is 30.3 Å². The van der Waals surface area contributed by atoms with Gasteiger partial charge < -0.3 is 5.11 Å². The summed E-state index contributed by atoms with van der Waals surface area (Å²) >= 11 is 0. The van der Waals surface area contributed by atoms with Crippen molar-refractivity contribution in [2.75, 3.05) is 6.54 Å². The van der Waals surface area contributed by atoms with Gasteiger partial charge in [-0.25, -0.2) is 0 Å². The Kier molecular flexibility index (Phi) is 3.59. The highest BCUT2D eigenvalue weighted by atomic mass is 16.6. The first kappa shape index (κ1) is 10.7. The Morgan fingerprint density at radius 3 is 2.50 bits per heavy atom. The molecule has 4 heteroatoms. The van der Waals surface area contributed by atoms with E-state index in [9.17, 15) is 15.2 Å². The highest BCUT2D eigenvalue weighted by Gasteiger charge is 2.20. The lowest BCUT2D eigenvalue weighted by molar-refractivity contribution is -0.491. The van der Waals surface area contributed by atoms with E-state index in [1.165, 1.54) is 0 Å². The second-order valence-electron chi connectivity index (χ2n) is 3.28. The highest BCUT2D eigenvalue weighted by molar-refractivity contribution is 5.19. The molecule has 1 N–H and O–H groups in total. The molecule has 4 nitrogen and oxygen atoms in total. The predicted octanol–water partition coefficient (Wildman–Crippen LogP) is 1.43. The molecular formula is C10H13NO3. The fourth-order valence-corrected chi connectivity index (χ4v) is 1.29. The first-order valence-electron chi connectivity index (χ1n) is 4.46. The lowest BCUT2D eigenvalue weighted by Gasteiger charge is -2.15. The number of nitrogens with zero attached hydrogens (tertiary/aromatic N) is 1. The quantitative estimate of drug-likeness (QED) is 0.583. The highest BCUT2D eigenvalue weighted by Crippen LogP contribution is 2.18. The van der Waals surface area contributed by atoms with Crippen molar-refractivity contribution in [2.45, 2.75) is 18.9 Å². The maximum absolute atomic E-state index is 10.2. The Labute approximate surface area is 82.3 Å². The summed E-state index contributed by atoms with van der Waals surface area (Å²) < 4.78 is 0.